The van der Waals surface area contributed by atoms with Crippen LogP contribution in [0.25, 0.3) is 0 Å². The third-order valence-electron chi connectivity index (χ3n) is 3.32. The number of carbonyl (C=O) groups is 1. The van der Waals surface area contributed by atoms with Crippen LogP contribution in [0, 0.1) is 0 Å². The molecule has 1 fully saturated rings. The van der Waals surface area contributed by atoms with Crippen LogP contribution in [-0.4, -0.2) is 39.5 Å². The Morgan fingerprint density at radius 2 is 2.16 bits per heavy atom. The molecule has 104 valence electrons. The van der Waals surface area contributed by atoms with Gasteiger partial charge >= 0.3 is 0 Å². The van der Waals surface area contributed by atoms with Crippen molar-refractivity contribution in [1.29, 1.82) is 0 Å². The summed E-state index contributed by atoms with van der Waals surface area (Å²) in [5.41, 5.74) is 0.547. The Hall–Kier alpha value is -0.680. The first-order chi connectivity index (χ1) is 8.89. The van der Waals surface area contributed by atoms with Crippen molar-refractivity contribution in [2.45, 2.75) is 25.0 Å². The van der Waals surface area contributed by atoms with Gasteiger partial charge in [-0.15, -0.1) is 0 Å². The number of nitrogens with zero attached hydrogens (tertiary/aromatic N) is 1. The van der Waals surface area contributed by atoms with Gasteiger partial charge in [0.15, 0.2) is 0 Å². The van der Waals surface area contributed by atoms with E-state index in [1.165, 1.54) is 6.07 Å². The van der Waals surface area contributed by atoms with Crippen molar-refractivity contribution in [2.75, 3.05) is 18.8 Å². The predicted molar refractivity (Wildman–Crippen MR) is 82.9 cm³/mol. The first-order valence-corrected chi connectivity index (χ1v) is 8.09. The van der Waals surface area contributed by atoms with Gasteiger partial charge in [0.2, 0.25) is 0 Å². The van der Waals surface area contributed by atoms with Crippen molar-refractivity contribution in [3.05, 3.63) is 28.2 Å². The van der Waals surface area contributed by atoms with Gasteiger partial charge in [0.1, 0.15) is 5.75 Å². The van der Waals surface area contributed by atoms with E-state index in [9.17, 15) is 9.90 Å². The molecule has 1 aromatic rings. The van der Waals surface area contributed by atoms with Crippen LogP contribution < -0.4 is 0 Å². The molecule has 0 unspecified atom stereocenters. The van der Waals surface area contributed by atoms with Gasteiger partial charge in [-0.05, 0) is 40.5 Å². The molecule has 1 aromatic carbocycles. The Morgan fingerprint density at radius 3 is 2.84 bits per heavy atom. The molecule has 3 nitrogen and oxygen atoms in total. The Balaban J connectivity index is 2.13. The SMILES string of the molecule is CC1(C)CCN(C(=O)c2ccc(Br)c(O)c2)CCS1. The smallest absolute Gasteiger partial charge is 0.254 e. The summed E-state index contributed by atoms with van der Waals surface area (Å²) in [5.74, 6) is 1.07. The van der Waals surface area contributed by atoms with Crippen molar-refractivity contribution in [3.8, 4) is 5.75 Å². The molecule has 2 rings (SSSR count). The molecule has 0 atom stereocenters. The van der Waals surface area contributed by atoms with Crippen molar-refractivity contribution in [2.24, 2.45) is 0 Å². The fourth-order valence-corrected chi connectivity index (χ4v) is 3.40. The van der Waals surface area contributed by atoms with Gasteiger partial charge in [-0.25, -0.2) is 0 Å². The molecule has 5 heteroatoms. The third kappa shape index (κ3) is 3.66. The van der Waals surface area contributed by atoms with E-state index in [2.05, 4.69) is 29.8 Å². The van der Waals surface area contributed by atoms with Gasteiger partial charge in [0.25, 0.3) is 5.91 Å². The number of hydrogen-bond acceptors (Lipinski definition) is 3. The minimum absolute atomic E-state index is 0.00102. The monoisotopic (exact) mass is 343 g/mol. The zero-order valence-corrected chi connectivity index (χ0v) is 13.6. The predicted octanol–water partition coefficient (Wildman–Crippen LogP) is 3.51. The zero-order chi connectivity index (χ0) is 14.0. The number of carbonyl (C=O) groups excluding carboxylic acids is 1. The van der Waals surface area contributed by atoms with Crippen molar-refractivity contribution in [3.63, 3.8) is 0 Å². The van der Waals surface area contributed by atoms with E-state index in [1.807, 2.05) is 16.7 Å². The maximum Gasteiger partial charge on any atom is 0.254 e. The topological polar surface area (TPSA) is 40.5 Å². The van der Waals surface area contributed by atoms with E-state index in [4.69, 9.17) is 0 Å². The number of phenols is 1. The van der Waals surface area contributed by atoms with Gasteiger partial charge in [-0.3, -0.25) is 4.79 Å². The molecule has 1 amide bonds. The van der Waals surface area contributed by atoms with E-state index in [0.717, 1.165) is 25.3 Å². The third-order valence-corrected chi connectivity index (χ3v) is 5.36. The van der Waals surface area contributed by atoms with Gasteiger partial charge in [-0.1, -0.05) is 13.8 Å². The van der Waals surface area contributed by atoms with E-state index >= 15 is 0 Å². The molecule has 0 aliphatic carbocycles. The maximum absolute atomic E-state index is 12.4. The molecular weight excluding hydrogens is 326 g/mol. The Kier molecular flexibility index (Phi) is 4.46. The Morgan fingerprint density at radius 1 is 1.42 bits per heavy atom. The second-order valence-corrected chi connectivity index (χ2v) is 7.97. The quantitative estimate of drug-likeness (QED) is 0.848. The molecule has 19 heavy (non-hydrogen) atoms. The molecule has 0 radical (unpaired) electrons. The average molecular weight is 344 g/mol. The van der Waals surface area contributed by atoms with E-state index in [0.29, 0.717) is 10.0 Å². The summed E-state index contributed by atoms with van der Waals surface area (Å²) in [5, 5.41) is 9.66. The first-order valence-electron chi connectivity index (χ1n) is 6.31. The normalized spacial score (nSPS) is 19.0. The molecule has 1 aliphatic heterocycles. The highest BCUT2D eigenvalue weighted by Crippen LogP contribution is 2.31. The minimum Gasteiger partial charge on any atom is -0.507 e. The van der Waals surface area contributed by atoms with Crippen molar-refractivity contribution >= 4 is 33.6 Å². The van der Waals surface area contributed by atoms with Crippen LogP contribution in [0.2, 0.25) is 0 Å². The molecule has 0 saturated carbocycles. The van der Waals surface area contributed by atoms with Crippen LogP contribution in [0.4, 0.5) is 0 Å². The number of phenolic OH excluding ortho intramolecular Hbond substituents is 1. The van der Waals surface area contributed by atoms with Crippen molar-refractivity contribution in [1.82, 2.24) is 4.90 Å². The summed E-state index contributed by atoms with van der Waals surface area (Å²) in [4.78, 5) is 14.3. The number of rotatable bonds is 1. The summed E-state index contributed by atoms with van der Waals surface area (Å²) in [7, 11) is 0. The van der Waals surface area contributed by atoms with Crippen LogP contribution in [0.1, 0.15) is 30.6 Å². The molecule has 1 aliphatic rings. The largest absolute Gasteiger partial charge is 0.507 e. The number of thioether (sulfide) groups is 1. The summed E-state index contributed by atoms with van der Waals surface area (Å²) in [6, 6.07) is 4.98. The van der Waals surface area contributed by atoms with E-state index in [-0.39, 0.29) is 16.4 Å². The molecule has 1 heterocycles. The summed E-state index contributed by atoms with van der Waals surface area (Å²) >= 11 is 5.14. The lowest BCUT2D eigenvalue weighted by Crippen LogP contribution is -2.33. The molecule has 0 bridgehead atoms. The second-order valence-electron chi connectivity index (χ2n) is 5.32. The summed E-state index contributed by atoms with van der Waals surface area (Å²) < 4.78 is 0.841. The highest BCUT2D eigenvalue weighted by molar-refractivity contribution is 9.10. The molecule has 0 spiro atoms. The molecule has 1 saturated heterocycles. The maximum atomic E-state index is 12.4. The molecule has 0 aromatic heterocycles. The lowest BCUT2D eigenvalue weighted by Gasteiger charge is -2.22. The average Bonchev–Trinajstić information content (AvgIpc) is 2.53. The fourth-order valence-electron chi connectivity index (χ4n) is 2.05. The van der Waals surface area contributed by atoms with Crippen LogP contribution in [-0.2, 0) is 0 Å². The second kappa shape index (κ2) is 5.75. The van der Waals surface area contributed by atoms with Crippen LogP contribution in [0.5, 0.6) is 5.75 Å². The minimum atomic E-state index is 0.00102. The highest BCUT2D eigenvalue weighted by atomic mass is 79.9. The summed E-state index contributed by atoms with van der Waals surface area (Å²) in [6.45, 7) is 5.98. The van der Waals surface area contributed by atoms with E-state index in [1.54, 1.807) is 12.1 Å². The standard InChI is InChI=1S/C14H18BrNO2S/c1-14(2)5-6-16(7-8-19-14)13(18)10-3-4-11(15)12(17)9-10/h3-4,9,17H,5-8H2,1-2H3. The molecule has 1 N–H and O–H groups in total. The lowest BCUT2D eigenvalue weighted by molar-refractivity contribution is 0.0764. The van der Waals surface area contributed by atoms with Gasteiger partial charge in [0.05, 0.1) is 4.47 Å². The number of benzene rings is 1. The van der Waals surface area contributed by atoms with Gasteiger partial charge in [0, 0.05) is 29.2 Å². The molecular formula is C14H18BrNO2S. The lowest BCUT2D eigenvalue weighted by atomic mass is 10.1. The summed E-state index contributed by atoms with van der Waals surface area (Å²) in [6.07, 6.45) is 0.992. The highest BCUT2D eigenvalue weighted by Gasteiger charge is 2.26. The van der Waals surface area contributed by atoms with E-state index < -0.39 is 0 Å². The Labute approximate surface area is 126 Å². The number of aromatic hydroxyl groups is 1. The van der Waals surface area contributed by atoms with Crippen LogP contribution in [0.3, 0.4) is 0 Å². The van der Waals surface area contributed by atoms with Crippen LogP contribution in [0.15, 0.2) is 22.7 Å². The van der Waals surface area contributed by atoms with Gasteiger partial charge < -0.3 is 10.0 Å². The zero-order valence-electron chi connectivity index (χ0n) is 11.1. The number of halogens is 1. The van der Waals surface area contributed by atoms with Crippen molar-refractivity contribution < 1.29 is 9.90 Å². The number of amides is 1. The fraction of sp³-hybridized carbons (Fsp3) is 0.500. The van der Waals surface area contributed by atoms with Gasteiger partial charge in [-0.2, -0.15) is 11.8 Å². The first kappa shape index (κ1) is 14.7. The Bertz CT molecular complexity index is 490. The van der Waals surface area contributed by atoms with Crippen LogP contribution >= 0.6 is 27.7 Å². The number of hydrogen-bond donors (Lipinski definition) is 1.